The number of hydrogen-bond donors (Lipinski definition) is 0. The van der Waals surface area contributed by atoms with Crippen molar-refractivity contribution in [2.45, 2.75) is 17.8 Å². The Morgan fingerprint density at radius 3 is 1.19 bits per heavy atom. The number of nitrogens with zero attached hydrogens (tertiary/aromatic N) is 1. The van der Waals surface area contributed by atoms with Crippen LogP contribution in [0.5, 0.6) is 0 Å². The van der Waals surface area contributed by atoms with Crippen molar-refractivity contribution >= 4 is 17.1 Å². The Bertz CT molecular complexity index is 3220. The zero-order chi connectivity index (χ0) is 42.7. The maximum Gasteiger partial charge on any atom is 0.0714 e. The summed E-state index contributed by atoms with van der Waals surface area (Å²) in [5.41, 5.74) is 21.2. The summed E-state index contributed by atoms with van der Waals surface area (Å²) in [5.74, 6) is 0. The fourth-order valence-electron chi connectivity index (χ4n) is 11.1. The van der Waals surface area contributed by atoms with E-state index in [-0.39, 0.29) is 5.41 Å². The van der Waals surface area contributed by atoms with Gasteiger partial charge in [0.1, 0.15) is 0 Å². The molecule has 0 spiro atoms. The lowest BCUT2D eigenvalue weighted by Crippen LogP contribution is -2.28. The predicted molar refractivity (Wildman–Crippen MR) is 267 cm³/mol. The van der Waals surface area contributed by atoms with Gasteiger partial charge in [0.25, 0.3) is 0 Å². The van der Waals surface area contributed by atoms with Crippen LogP contribution >= 0.6 is 0 Å². The van der Waals surface area contributed by atoms with Crippen molar-refractivity contribution in [3.8, 4) is 44.5 Å². The van der Waals surface area contributed by atoms with E-state index in [0.717, 1.165) is 17.1 Å². The van der Waals surface area contributed by atoms with E-state index in [0.29, 0.717) is 0 Å². The molecule has 1 heteroatoms. The zero-order valence-electron chi connectivity index (χ0n) is 35.7. The third-order valence-electron chi connectivity index (χ3n) is 14.0. The van der Waals surface area contributed by atoms with E-state index in [1.165, 1.54) is 83.5 Å². The quantitative estimate of drug-likeness (QED) is 0.148. The Balaban J connectivity index is 1.15. The minimum absolute atomic E-state index is 0.356. The molecule has 0 amide bonds. The first-order valence-corrected chi connectivity index (χ1v) is 22.3. The standard InChI is InChI=1S/C63H45N/c1-62(48-25-11-4-12-26-48)58-33-19-17-31-54(58)56-37-35-51(42-60(56)62)64(53-40-46(44-21-7-2-8-22-44)39-47(41-53)45-23-9-3-10-24-45)52-36-38-57-55-32-18-20-34-59(55)63(61(57)43-52,49-27-13-5-14-28-49)50-29-15-6-16-30-50/h2-43H,1H3. The van der Waals surface area contributed by atoms with Crippen molar-refractivity contribution in [3.05, 3.63) is 294 Å². The number of rotatable bonds is 8. The van der Waals surface area contributed by atoms with Gasteiger partial charge in [0, 0.05) is 22.5 Å². The lowest BCUT2D eigenvalue weighted by atomic mass is 9.67. The van der Waals surface area contributed by atoms with E-state index < -0.39 is 5.41 Å². The summed E-state index contributed by atoms with van der Waals surface area (Å²) >= 11 is 0. The molecule has 10 aromatic rings. The summed E-state index contributed by atoms with van der Waals surface area (Å²) in [6.45, 7) is 2.41. The van der Waals surface area contributed by atoms with E-state index in [2.05, 4.69) is 267 Å². The van der Waals surface area contributed by atoms with Gasteiger partial charge in [0.2, 0.25) is 0 Å². The van der Waals surface area contributed by atoms with E-state index >= 15 is 0 Å². The molecule has 0 radical (unpaired) electrons. The molecule has 0 N–H and O–H groups in total. The molecule has 0 saturated heterocycles. The van der Waals surface area contributed by atoms with Gasteiger partial charge in [0.15, 0.2) is 0 Å². The molecular weight excluding hydrogens is 771 g/mol. The van der Waals surface area contributed by atoms with E-state index in [4.69, 9.17) is 0 Å². The Labute approximate surface area is 376 Å². The molecular formula is C63H45N. The average Bonchev–Trinajstić information content (AvgIpc) is 3.82. The summed E-state index contributed by atoms with van der Waals surface area (Å²) in [6, 6.07) is 94.3. The SMILES string of the molecule is CC1(c2ccccc2)c2ccccc2-c2ccc(N(c3cc(-c4ccccc4)cc(-c4ccccc4)c3)c3ccc4c(c3)C(c3ccccc3)(c3ccccc3)c3ccccc3-4)cc21. The van der Waals surface area contributed by atoms with Crippen molar-refractivity contribution < 1.29 is 0 Å². The van der Waals surface area contributed by atoms with Gasteiger partial charge in [-0.3, -0.25) is 0 Å². The second-order valence-corrected chi connectivity index (χ2v) is 17.4. The average molecular weight is 816 g/mol. The van der Waals surface area contributed by atoms with Crippen LogP contribution in [0.1, 0.15) is 45.9 Å². The molecule has 0 fully saturated rings. The fourth-order valence-corrected chi connectivity index (χ4v) is 11.1. The Hall–Kier alpha value is -8.00. The van der Waals surface area contributed by atoms with Crippen molar-refractivity contribution in [2.75, 3.05) is 4.90 Å². The maximum absolute atomic E-state index is 2.51. The third-order valence-corrected chi connectivity index (χ3v) is 14.0. The summed E-state index contributed by atoms with van der Waals surface area (Å²) in [4.78, 5) is 2.51. The predicted octanol–water partition coefficient (Wildman–Crippen LogP) is 16.2. The molecule has 302 valence electrons. The van der Waals surface area contributed by atoms with Gasteiger partial charge in [-0.2, -0.15) is 0 Å². The molecule has 0 heterocycles. The molecule has 0 aromatic heterocycles. The first kappa shape index (κ1) is 37.7. The van der Waals surface area contributed by atoms with Crippen molar-refractivity contribution in [1.29, 1.82) is 0 Å². The molecule has 0 bridgehead atoms. The molecule has 1 atom stereocenters. The maximum atomic E-state index is 2.51. The smallest absolute Gasteiger partial charge is 0.0714 e. The molecule has 1 unspecified atom stereocenters. The number of benzene rings is 10. The van der Waals surface area contributed by atoms with Crippen LogP contribution in [-0.4, -0.2) is 0 Å². The largest absolute Gasteiger partial charge is 0.310 e. The van der Waals surface area contributed by atoms with Gasteiger partial charge < -0.3 is 4.90 Å². The number of anilines is 3. The van der Waals surface area contributed by atoms with Crippen molar-refractivity contribution in [2.24, 2.45) is 0 Å². The monoisotopic (exact) mass is 815 g/mol. The van der Waals surface area contributed by atoms with Crippen LogP contribution in [-0.2, 0) is 10.8 Å². The van der Waals surface area contributed by atoms with Gasteiger partial charge in [-0.1, -0.05) is 212 Å². The molecule has 10 aromatic carbocycles. The van der Waals surface area contributed by atoms with E-state index in [1.54, 1.807) is 0 Å². The topological polar surface area (TPSA) is 3.24 Å². The first-order chi connectivity index (χ1) is 31.6. The number of fused-ring (bicyclic) bond motifs is 6. The van der Waals surface area contributed by atoms with Crippen LogP contribution in [0.4, 0.5) is 17.1 Å². The van der Waals surface area contributed by atoms with Crippen LogP contribution < -0.4 is 4.90 Å². The molecule has 0 saturated carbocycles. The Kier molecular flexibility index (Phi) is 8.91. The van der Waals surface area contributed by atoms with E-state index in [9.17, 15) is 0 Å². The highest BCUT2D eigenvalue weighted by atomic mass is 15.1. The molecule has 64 heavy (non-hydrogen) atoms. The summed E-state index contributed by atoms with van der Waals surface area (Å²) in [5, 5.41) is 0. The van der Waals surface area contributed by atoms with Crippen LogP contribution in [0.25, 0.3) is 44.5 Å². The van der Waals surface area contributed by atoms with Gasteiger partial charge in [-0.15, -0.1) is 0 Å². The fraction of sp³-hybridized carbons (Fsp3) is 0.0476. The van der Waals surface area contributed by atoms with Crippen LogP contribution in [0.2, 0.25) is 0 Å². The summed E-state index contributed by atoms with van der Waals surface area (Å²) in [7, 11) is 0. The molecule has 2 aliphatic carbocycles. The molecule has 12 rings (SSSR count). The Morgan fingerprint density at radius 2 is 0.656 bits per heavy atom. The van der Waals surface area contributed by atoms with Gasteiger partial charge in [-0.05, 0) is 133 Å². The molecule has 0 aliphatic heterocycles. The lowest BCUT2D eigenvalue weighted by Gasteiger charge is -2.35. The highest BCUT2D eigenvalue weighted by Gasteiger charge is 2.46. The normalized spacial score (nSPS) is 15.1. The van der Waals surface area contributed by atoms with Crippen LogP contribution in [0.15, 0.2) is 255 Å². The number of hydrogen-bond acceptors (Lipinski definition) is 1. The molecule has 2 aliphatic rings. The second kappa shape index (κ2) is 15.1. The second-order valence-electron chi connectivity index (χ2n) is 17.4. The van der Waals surface area contributed by atoms with E-state index in [1.807, 2.05) is 0 Å². The van der Waals surface area contributed by atoms with Crippen molar-refractivity contribution in [1.82, 2.24) is 0 Å². The molecule has 1 nitrogen and oxygen atoms in total. The van der Waals surface area contributed by atoms with Crippen LogP contribution in [0, 0.1) is 0 Å². The van der Waals surface area contributed by atoms with Gasteiger partial charge in [0.05, 0.1) is 5.41 Å². The van der Waals surface area contributed by atoms with Gasteiger partial charge in [-0.25, -0.2) is 0 Å². The minimum atomic E-state index is -0.539. The van der Waals surface area contributed by atoms with Crippen LogP contribution in [0.3, 0.4) is 0 Å². The van der Waals surface area contributed by atoms with Gasteiger partial charge >= 0.3 is 0 Å². The Morgan fingerprint density at radius 1 is 0.266 bits per heavy atom. The third kappa shape index (κ3) is 5.78. The first-order valence-electron chi connectivity index (χ1n) is 22.3. The highest BCUT2D eigenvalue weighted by Crippen LogP contribution is 2.58. The lowest BCUT2D eigenvalue weighted by molar-refractivity contribution is 0.714. The minimum Gasteiger partial charge on any atom is -0.310 e. The van der Waals surface area contributed by atoms with Crippen molar-refractivity contribution in [3.63, 3.8) is 0 Å². The highest BCUT2D eigenvalue weighted by molar-refractivity contribution is 5.92. The summed E-state index contributed by atoms with van der Waals surface area (Å²) < 4.78 is 0. The zero-order valence-corrected chi connectivity index (χ0v) is 35.7. The summed E-state index contributed by atoms with van der Waals surface area (Å²) in [6.07, 6.45) is 0.